The van der Waals surface area contributed by atoms with E-state index in [1.807, 2.05) is 0 Å². The number of benzene rings is 2. The average Bonchev–Trinajstić information content (AvgIpc) is 2.75. The Morgan fingerprint density at radius 3 is 2.43 bits per heavy atom. The fraction of sp³-hybridized carbons (Fsp3) is 0.364. The Balaban J connectivity index is 1.44. The number of piperazine rings is 1. The average molecular weight is 409 g/mol. The minimum absolute atomic E-state index is 0.00288. The third-order valence-electron chi connectivity index (χ3n) is 5.18. The van der Waals surface area contributed by atoms with Crippen molar-refractivity contribution in [3.05, 3.63) is 75.3 Å². The van der Waals surface area contributed by atoms with Crippen LogP contribution < -0.4 is 5.43 Å². The van der Waals surface area contributed by atoms with E-state index < -0.39 is 4.92 Å². The zero-order chi connectivity index (χ0) is 21.5. The first kappa shape index (κ1) is 21.6. The monoisotopic (exact) mass is 409 g/mol. The molecule has 2 aromatic rings. The summed E-state index contributed by atoms with van der Waals surface area (Å²) in [4.78, 5) is 27.2. The molecule has 1 N–H and O–H groups in total. The topological polar surface area (TPSA) is 91.1 Å². The van der Waals surface area contributed by atoms with E-state index in [-0.39, 0.29) is 18.1 Å². The van der Waals surface area contributed by atoms with Gasteiger partial charge in [0.2, 0.25) is 0 Å². The lowest BCUT2D eigenvalue weighted by Gasteiger charge is -2.34. The van der Waals surface area contributed by atoms with E-state index in [1.165, 1.54) is 23.3 Å². The van der Waals surface area contributed by atoms with Gasteiger partial charge >= 0.3 is 0 Å². The fourth-order valence-electron chi connectivity index (χ4n) is 3.35. The van der Waals surface area contributed by atoms with Crippen LogP contribution in [-0.2, 0) is 11.3 Å². The molecule has 1 aliphatic heterocycles. The van der Waals surface area contributed by atoms with E-state index in [9.17, 15) is 14.9 Å². The predicted octanol–water partition coefficient (Wildman–Crippen LogP) is 2.56. The summed E-state index contributed by atoms with van der Waals surface area (Å²) in [5.41, 5.74) is 6.25. The van der Waals surface area contributed by atoms with E-state index in [4.69, 9.17) is 0 Å². The molecule has 158 valence electrons. The lowest BCUT2D eigenvalue weighted by molar-refractivity contribution is -0.384. The van der Waals surface area contributed by atoms with Crippen molar-refractivity contribution in [2.75, 3.05) is 32.7 Å². The van der Waals surface area contributed by atoms with Crippen LogP contribution in [0.5, 0.6) is 0 Å². The van der Waals surface area contributed by atoms with Gasteiger partial charge in [0.1, 0.15) is 0 Å². The molecule has 0 atom stereocenters. The maximum atomic E-state index is 12.2. The van der Waals surface area contributed by atoms with E-state index in [1.54, 1.807) is 19.1 Å². The maximum Gasteiger partial charge on any atom is 0.270 e. The van der Waals surface area contributed by atoms with Crippen LogP contribution in [-0.4, -0.2) is 59.1 Å². The highest BCUT2D eigenvalue weighted by molar-refractivity contribution is 5.99. The number of hydrogen-bond acceptors (Lipinski definition) is 6. The lowest BCUT2D eigenvalue weighted by atomic mass is 10.1. The zero-order valence-electron chi connectivity index (χ0n) is 17.4. The molecule has 3 rings (SSSR count). The number of carbonyl (C=O) groups is 1. The highest BCUT2D eigenvalue weighted by Gasteiger charge is 2.19. The molecule has 1 aliphatic rings. The Morgan fingerprint density at radius 1 is 1.10 bits per heavy atom. The van der Waals surface area contributed by atoms with Crippen molar-refractivity contribution in [3.63, 3.8) is 0 Å². The minimum atomic E-state index is -0.451. The van der Waals surface area contributed by atoms with Gasteiger partial charge in [0.05, 0.1) is 17.2 Å². The standard InChI is InChI=1S/C22H27N5O3/c1-17-6-8-19(9-7-17)15-25-10-12-26(13-11-25)16-22(28)24-23-18(2)20-4-3-5-21(14-20)27(29)30/h3-9,14H,10-13,15-16H2,1-2H3,(H,24,28)/b23-18-. The molecule has 1 amide bonds. The number of hydrazone groups is 1. The minimum Gasteiger partial charge on any atom is -0.297 e. The molecule has 30 heavy (non-hydrogen) atoms. The van der Waals surface area contributed by atoms with Crippen LogP contribution >= 0.6 is 0 Å². The summed E-state index contributed by atoms with van der Waals surface area (Å²) >= 11 is 0. The Morgan fingerprint density at radius 2 is 1.77 bits per heavy atom. The molecule has 0 aromatic heterocycles. The Labute approximate surface area is 176 Å². The van der Waals surface area contributed by atoms with E-state index in [2.05, 4.69) is 51.5 Å². The van der Waals surface area contributed by atoms with Crippen molar-refractivity contribution in [2.45, 2.75) is 20.4 Å². The molecular weight excluding hydrogens is 382 g/mol. The first-order chi connectivity index (χ1) is 14.4. The van der Waals surface area contributed by atoms with Crippen molar-refractivity contribution in [3.8, 4) is 0 Å². The van der Waals surface area contributed by atoms with Crippen molar-refractivity contribution >= 4 is 17.3 Å². The van der Waals surface area contributed by atoms with E-state index in [0.29, 0.717) is 11.3 Å². The van der Waals surface area contributed by atoms with Gasteiger partial charge in [0, 0.05) is 50.4 Å². The van der Waals surface area contributed by atoms with Crippen LogP contribution in [0.25, 0.3) is 0 Å². The third kappa shape index (κ3) is 6.20. The lowest BCUT2D eigenvalue weighted by Crippen LogP contribution is -2.48. The number of nitrogens with one attached hydrogen (secondary N) is 1. The van der Waals surface area contributed by atoms with Gasteiger partial charge in [-0.2, -0.15) is 5.10 Å². The fourth-order valence-corrected chi connectivity index (χ4v) is 3.35. The Kier molecular flexibility index (Phi) is 7.26. The summed E-state index contributed by atoms with van der Waals surface area (Å²) in [6.07, 6.45) is 0. The van der Waals surface area contributed by atoms with Gasteiger partial charge in [0.15, 0.2) is 0 Å². The van der Waals surface area contributed by atoms with Gasteiger partial charge < -0.3 is 0 Å². The van der Waals surface area contributed by atoms with Crippen LogP contribution in [0.2, 0.25) is 0 Å². The number of aryl methyl sites for hydroxylation is 1. The largest absolute Gasteiger partial charge is 0.297 e. The SMILES string of the molecule is C/C(=N/NC(=O)CN1CCN(Cc2ccc(C)cc2)CC1)c1cccc([N+](=O)[O-])c1. The second kappa shape index (κ2) is 10.1. The second-order valence-electron chi connectivity index (χ2n) is 7.58. The number of carbonyl (C=O) groups excluding carboxylic acids is 1. The summed E-state index contributed by atoms with van der Waals surface area (Å²) in [6, 6.07) is 14.8. The number of nitro groups is 1. The van der Waals surface area contributed by atoms with Gasteiger partial charge in [0.25, 0.3) is 11.6 Å². The molecule has 0 aliphatic carbocycles. The molecule has 8 nitrogen and oxygen atoms in total. The number of nitrogens with zero attached hydrogens (tertiary/aromatic N) is 4. The predicted molar refractivity (Wildman–Crippen MR) is 116 cm³/mol. The summed E-state index contributed by atoms with van der Waals surface area (Å²) in [6.45, 7) is 8.48. The number of hydrogen-bond donors (Lipinski definition) is 1. The molecule has 1 saturated heterocycles. The molecule has 1 heterocycles. The summed E-state index contributed by atoms with van der Waals surface area (Å²) < 4.78 is 0. The normalized spacial score (nSPS) is 15.7. The van der Waals surface area contributed by atoms with Gasteiger partial charge in [-0.25, -0.2) is 5.43 Å². The van der Waals surface area contributed by atoms with Gasteiger partial charge in [-0.1, -0.05) is 42.0 Å². The molecule has 8 heteroatoms. The van der Waals surface area contributed by atoms with E-state index >= 15 is 0 Å². The Hall–Kier alpha value is -3.10. The first-order valence-corrected chi connectivity index (χ1v) is 9.99. The second-order valence-corrected chi connectivity index (χ2v) is 7.58. The smallest absolute Gasteiger partial charge is 0.270 e. The molecule has 0 bridgehead atoms. The number of non-ortho nitro benzene ring substituents is 1. The van der Waals surface area contributed by atoms with Crippen LogP contribution in [0.15, 0.2) is 53.6 Å². The highest BCUT2D eigenvalue weighted by Crippen LogP contribution is 2.14. The summed E-state index contributed by atoms with van der Waals surface area (Å²) in [5, 5.41) is 15.0. The molecule has 0 spiro atoms. The van der Waals surface area contributed by atoms with Gasteiger partial charge in [-0.3, -0.25) is 24.7 Å². The van der Waals surface area contributed by atoms with Gasteiger partial charge in [-0.05, 0) is 19.4 Å². The summed E-state index contributed by atoms with van der Waals surface area (Å²) in [7, 11) is 0. The molecule has 0 saturated carbocycles. The van der Waals surface area contributed by atoms with Crippen LogP contribution in [0.4, 0.5) is 5.69 Å². The Bertz CT molecular complexity index is 919. The molecule has 2 aromatic carbocycles. The first-order valence-electron chi connectivity index (χ1n) is 9.99. The van der Waals surface area contributed by atoms with Crippen molar-refractivity contribution in [1.29, 1.82) is 0 Å². The van der Waals surface area contributed by atoms with E-state index in [0.717, 1.165) is 32.7 Å². The van der Waals surface area contributed by atoms with Crippen molar-refractivity contribution in [1.82, 2.24) is 15.2 Å². The highest BCUT2D eigenvalue weighted by atomic mass is 16.6. The van der Waals surface area contributed by atoms with Gasteiger partial charge in [-0.15, -0.1) is 0 Å². The van der Waals surface area contributed by atoms with Crippen LogP contribution in [0, 0.1) is 17.0 Å². The number of nitro benzene ring substituents is 1. The number of rotatable bonds is 7. The van der Waals surface area contributed by atoms with Crippen molar-refractivity contribution < 1.29 is 9.72 Å². The molecular formula is C22H27N5O3. The van der Waals surface area contributed by atoms with Crippen molar-refractivity contribution in [2.24, 2.45) is 5.10 Å². The molecule has 0 unspecified atom stereocenters. The maximum absolute atomic E-state index is 12.2. The third-order valence-corrected chi connectivity index (χ3v) is 5.18. The molecule has 1 fully saturated rings. The summed E-state index contributed by atoms with van der Waals surface area (Å²) in [5.74, 6) is -0.188. The number of amides is 1. The zero-order valence-corrected chi connectivity index (χ0v) is 17.4. The van der Waals surface area contributed by atoms with Crippen LogP contribution in [0.1, 0.15) is 23.6 Å². The molecule has 0 radical (unpaired) electrons. The quantitative estimate of drug-likeness (QED) is 0.431. The van der Waals surface area contributed by atoms with Crippen LogP contribution in [0.3, 0.4) is 0 Å².